The summed E-state index contributed by atoms with van der Waals surface area (Å²) in [5.41, 5.74) is 0. The summed E-state index contributed by atoms with van der Waals surface area (Å²) in [6.45, 7) is 5.45. The van der Waals surface area contributed by atoms with Gasteiger partial charge in [0.25, 0.3) is 0 Å². The molecule has 2 amide bonds. The molecule has 2 rings (SSSR count). The van der Waals surface area contributed by atoms with Crippen molar-refractivity contribution in [3.8, 4) is 0 Å². The van der Waals surface area contributed by atoms with Crippen LogP contribution in [0.4, 0.5) is 4.79 Å². The first-order valence-corrected chi connectivity index (χ1v) is 6.70. The Morgan fingerprint density at radius 2 is 2.40 bits per heavy atom. The molecule has 1 aromatic heterocycles. The molecule has 110 valence electrons. The highest BCUT2D eigenvalue weighted by atomic mass is 16.6. The molecule has 1 aromatic rings. The van der Waals surface area contributed by atoms with Crippen LogP contribution in [0.1, 0.15) is 32.1 Å². The van der Waals surface area contributed by atoms with Gasteiger partial charge in [-0.05, 0) is 13.3 Å². The molecule has 1 atom stereocenters. The highest BCUT2D eigenvalue weighted by Gasteiger charge is 2.25. The van der Waals surface area contributed by atoms with Crippen LogP contribution in [0.25, 0.3) is 0 Å². The van der Waals surface area contributed by atoms with E-state index in [9.17, 15) is 9.59 Å². The van der Waals surface area contributed by atoms with Gasteiger partial charge in [0.2, 0.25) is 5.91 Å². The number of carbonyl (C=O) groups is 2. The minimum absolute atomic E-state index is 0.00505. The summed E-state index contributed by atoms with van der Waals surface area (Å²) < 4.78 is 6.55. The summed E-state index contributed by atoms with van der Waals surface area (Å²) in [5.74, 6) is 0.478. The van der Waals surface area contributed by atoms with Crippen molar-refractivity contribution in [3.05, 3.63) is 12.2 Å². The van der Waals surface area contributed by atoms with Crippen molar-refractivity contribution in [2.24, 2.45) is 0 Å². The second-order valence-electron chi connectivity index (χ2n) is 4.67. The summed E-state index contributed by atoms with van der Waals surface area (Å²) in [6.07, 6.45) is 1.98. The number of rotatable bonds is 6. The predicted octanol–water partition coefficient (Wildman–Crippen LogP) is 0.317. The molecule has 0 aromatic carbocycles. The van der Waals surface area contributed by atoms with Crippen LogP contribution in [0.15, 0.2) is 6.33 Å². The maximum Gasteiger partial charge on any atom is 0.410 e. The topological polar surface area (TPSA) is 89.3 Å². The Morgan fingerprint density at radius 1 is 1.60 bits per heavy atom. The van der Waals surface area contributed by atoms with Crippen LogP contribution in [-0.2, 0) is 16.1 Å². The molecular weight excluding hydrogens is 262 g/mol. The third kappa shape index (κ3) is 3.25. The maximum atomic E-state index is 11.9. The Balaban J connectivity index is 1.90. The maximum absolute atomic E-state index is 11.9. The third-order valence-electron chi connectivity index (χ3n) is 3.03. The first kappa shape index (κ1) is 14.3. The molecule has 1 aliphatic heterocycles. The molecule has 1 aliphatic rings. The average molecular weight is 281 g/mol. The van der Waals surface area contributed by atoms with Crippen LogP contribution < -0.4 is 5.32 Å². The van der Waals surface area contributed by atoms with Crippen molar-refractivity contribution in [1.82, 2.24) is 25.0 Å². The zero-order valence-electron chi connectivity index (χ0n) is 11.7. The van der Waals surface area contributed by atoms with Gasteiger partial charge in [-0.15, -0.1) is 0 Å². The Hall–Kier alpha value is -2.12. The Labute approximate surface area is 117 Å². The van der Waals surface area contributed by atoms with E-state index in [1.807, 2.05) is 13.8 Å². The van der Waals surface area contributed by atoms with E-state index >= 15 is 0 Å². The monoisotopic (exact) mass is 281 g/mol. The number of amides is 2. The Kier molecular flexibility index (Phi) is 4.54. The summed E-state index contributed by atoms with van der Waals surface area (Å²) in [5, 5.41) is 6.94. The van der Waals surface area contributed by atoms with Gasteiger partial charge in [0.15, 0.2) is 0 Å². The lowest BCUT2D eigenvalue weighted by molar-refractivity contribution is -0.122. The number of hydrogen-bond donors (Lipinski definition) is 1. The molecule has 0 spiro atoms. The SMILES string of the molecule is CCCn1ncnc1C(C)NC(=O)CN1CCOC1=O. The van der Waals surface area contributed by atoms with Gasteiger partial charge in [0, 0.05) is 6.54 Å². The predicted molar refractivity (Wildman–Crippen MR) is 69.8 cm³/mol. The van der Waals surface area contributed by atoms with E-state index in [-0.39, 0.29) is 18.5 Å². The standard InChI is InChI=1S/C12H19N5O3/c1-3-4-17-11(13-8-14-17)9(2)15-10(18)7-16-5-6-20-12(16)19/h8-9H,3-7H2,1-2H3,(H,15,18). The van der Waals surface area contributed by atoms with Gasteiger partial charge >= 0.3 is 6.09 Å². The van der Waals surface area contributed by atoms with Gasteiger partial charge in [-0.25, -0.2) is 14.5 Å². The lowest BCUT2D eigenvalue weighted by Gasteiger charge is -2.17. The molecule has 8 nitrogen and oxygen atoms in total. The zero-order chi connectivity index (χ0) is 14.5. The van der Waals surface area contributed by atoms with Crippen molar-refractivity contribution in [2.45, 2.75) is 32.9 Å². The number of cyclic esters (lactones) is 1. The Morgan fingerprint density at radius 3 is 3.05 bits per heavy atom. The molecule has 2 heterocycles. The highest BCUT2D eigenvalue weighted by Crippen LogP contribution is 2.09. The molecule has 20 heavy (non-hydrogen) atoms. The van der Waals surface area contributed by atoms with Crippen LogP contribution >= 0.6 is 0 Å². The normalized spacial score (nSPS) is 16.1. The van der Waals surface area contributed by atoms with Crippen LogP contribution in [0.2, 0.25) is 0 Å². The van der Waals surface area contributed by atoms with E-state index < -0.39 is 6.09 Å². The average Bonchev–Trinajstić information content (AvgIpc) is 3.00. The first-order valence-electron chi connectivity index (χ1n) is 6.70. The number of carbonyl (C=O) groups excluding carboxylic acids is 2. The fourth-order valence-corrected chi connectivity index (χ4v) is 2.09. The van der Waals surface area contributed by atoms with Gasteiger partial charge in [-0.3, -0.25) is 9.69 Å². The fourth-order valence-electron chi connectivity index (χ4n) is 2.09. The second-order valence-corrected chi connectivity index (χ2v) is 4.67. The van der Waals surface area contributed by atoms with E-state index in [1.54, 1.807) is 4.68 Å². The van der Waals surface area contributed by atoms with Crippen LogP contribution in [0.3, 0.4) is 0 Å². The molecule has 0 saturated carbocycles. The fraction of sp³-hybridized carbons (Fsp3) is 0.667. The number of nitrogens with zero attached hydrogens (tertiary/aromatic N) is 4. The quantitative estimate of drug-likeness (QED) is 0.811. The molecule has 0 bridgehead atoms. The van der Waals surface area contributed by atoms with Crippen molar-refractivity contribution in [2.75, 3.05) is 19.7 Å². The molecule has 1 saturated heterocycles. The van der Waals surface area contributed by atoms with Gasteiger partial charge in [-0.1, -0.05) is 6.92 Å². The number of aryl methyl sites for hydroxylation is 1. The number of nitrogens with one attached hydrogen (secondary N) is 1. The first-order chi connectivity index (χ1) is 9.61. The van der Waals surface area contributed by atoms with Crippen molar-refractivity contribution >= 4 is 12.0 Å². The third-order valence-corrected chi connectivity index (χ3v) is 3.03. The summed E-state index contributed by atoms with van der Waals surface area (Å²) in [4.78, 5) is 28.7. The van der Waals surface area contributed by atoms with Crippen LogP contribution in [0.5, 0.6) is 0 Å². The van der Waals surface area contributed by atoms with Gasteiger partial charge in [0.1, 0.15) is 25.3 Å². The van der Waals surface area contributed by atoms with E-state index in [0.29, 0.717) is 19.0 Å². The van der Waals surface area contributed by atoms with Crippen LogP contribution in [0, 0.1) is 0 Å². The zero-order valence-corrected chi connectivity index (χ0v) is 11.7. The second kappa shape index (κ2) is 6.36. The van der Waals surface area contributed by atoms with Crippen molar-refractivity contribution in [3.63, 3.8) is 0 Å². The summed E-state index contributed by atoms with van der Waals surface area (Å²) in [7, 11) is 0. The highest BCUT2D eigenvalue weighted by molar-refractivity contribution is 5.82. The van der Waals surface area contributed by atoms with E-state index in [4.69, 9.17) is 4.74 Å². The van der Waals surface area contributed by atoms with Crippen LogP contribution in [-0.4, -0.2) is 51.4 Å². The lowest BCUT2D eigenvalue weighted by atomic mass is 10.3. The smallest absolute Gasteiger partial charge is 0.410 e. The van der Waals surface area contributed by atoms with Crippen molar-refractivity contribution < 1.29 is 14.3 Å². The molecule has 0 radical (unpaired) electrons. The van der Waals surface area contributed by atoms with Crippen molar-refractivity contribution in [1.29, 1.82) is 0 Å². The molecule has 1 N–H and O–H groups in total. The molecule has 0 aliphatic carbocycles. The van der Waals surface area contributed by atoms with E-state index in [1.165, 1.54) is 11.2 Å². The summed E-state index contributed by atoms with van der Waals surface area (Å²) in [6, 6.07) is -0.254. The minimum Gasteiger partial charge on any atom is -0.448 e. The number of aromatic nitrogens is 3. The largest absolute Gasteiger partial charge is 0.448 e. The molecule has 1 unspecified atom stereocenters. The van der Waals surface area contributed by atoms with Gasteiger partial charge in [-0.2, -0.15) is 5.10 Å². The van der Waals surface area contributed by atoms with E-state index in [2.05, 4.69) is 15.4 Å². The number of ether oxygens (including phenoxy) is 1. The van der Waals surface area contributed by atoms with E-state index in [0.717, 1.165) is 13.0 Å². The minimum atomic E-state index is -0.443. The molecule has 8 heteroatoms. The van der Waals surface area contributed by atoms with Gasteiger partial charge in [0.05, 0.1) is 12.6 Å². The van der Waals surface area contributed by atoms with Gasteiger partial charge < -0.3 is 10.1 Å². The number of hydrogen-bond acceptors (Lipinski definition) is 5. The molecule has 1 fully saturated rings. The summed E-state index contributed by atoms with van der Waals surface area (Å²) >= 11 is 0. The molecular formula is C12H19N5O3. The Bertz CT molecular complexity index is 487. The lowest BCUT2D eigenvalue weighted by Crippen LogP contribution is -2.39.